The third kappa shape index (κ3) is 3.44. The van der Waals surface area contributed by atoms with E-state index in [2.05, 4.69) is 37.5 Å². The zero-order valence-electron chi connectivity index (χ0n) is 13.0. The second kappa shape index (κ2) is 6.60. The highest BCUT2D eigenvalue weighted by Crippen LogP contribution is 2.20. The fourth-order valence-corrected chi connectivity index (χ4v) is 2.65. The molecule has 1 fully saturated rings. The minimum Gasteiger partial charge on any atom is -0.480 e. The maximum atomic E-state index is 5.01. The Morgan fingerprint density at radius 3 is 2.68 bits per heavy atom. The first-order valence-corrected chi connectivity index (χ1v) is 7.59. The average molecular weight is 299 g/mol. The Hall–Kier alpha value is -2.37. The number of rotatable bonds is 5. The number of ether oxygens (including phenoxy) is 1. The maximum Gasteiger partial charge on any atom is 0.233 e. The molecule has 1 N–H and O–H groups in total. The smallest absolute Gasteiger partial charge is 0.233 e. The first-order chi connectivity index (χ1) is 10.7. The van der Waals surface area contributed by atoms with Crippen molar-refractivity contribution in [1.82, 2.24) is 15.2 Å². The van der Waals surface area contributed by atoms with Gasteiger partial charge in [0, 0.05) is 31.4 Å². The predicted octanol–water partition coefficient (Wildman–Crippen LogP) is 2.40. The summed E-state index contributed by atoms with van der Waals surface area (Å²) < 4.78 is 5.01. The summed E-state index contributed by atoms with van der Waals surface area (Å²) in [5, 5.41) is 11.3. The van der Waals surface area contributed by atoms with E-state index in [1.807, 2.05) is 13.0 Å². The Labute approximate surface area is 130 Å². The molecule has 1 aliphatic rings. The van der Waals surface area contributed by atoms with Gasteiger partial charge in [-0.15, -0.1) is 10.2 Å². The highest BCUT2D eigenvalue weighted by atomic mass is 16.5. The second-order valence-electron chi connectivity index (χ2n) is 5.48. The van der Waals surface area contributed by atoms with Crippen LogP contribution >= 0.6 is 0 Å². The Morgan fingerprint density at radius 1 is 1.18 bits per heavy atom. The number of aryl methyl sites for hydroxylation is 1. The van der Waals surface area contributed by atoms with Crippen LogP contribution in [0.2, 0.25) is 0 Å². The fourth-order valence-electron chi connectivity index (χ4n) is 2.65. The lowest BCUT2D eigenvalue weighted by atomic mass is 10.2. The van der Waals surface area contributed by atoms with E-state index >= 15 is 0 Å². The largest absolute Gasteiger partial charge is 0.480 e. The lowest BCUT2D eigenvalue weighted by molar-refractivity contribution is 0.392. The maximum absolute atomic E-state index is 5.01. The van der Waals surface area contributed by atoms with Crippen LogP contribution in [0.1, 0.15) is 24.1 Å². The normalized spacial score (nSPS) is 14.2. The van der Waals surface area contributed by atoms with Crippen molar-refractivity contribution in [3.05, 3.63) is 35.5 Å². The van der Waals surface area contributed by atoms with Crippen LogP contribution in [0, 0.1) is 6.92 Å². The van der Waals surface area contributed by atoms with Crippen LogP contribution in [-0.4, -0.2) is 35.4 Å². The highest BCUT2D eigenvalue weighted by Gasteiger charge is 2.14. The zero-order valence-corrected chi connectivity index (χ0v) is 13.0. The molecule has 0 atom stereocenters. The van der Waals surface area contributed by atoms with Crippen molar-refractivity contribution in [2.24, 2.45) is 0 Å². The van der Waals surface area contributed by atoms with E-state index in [1.54, 1.807) is 13.2 Å². The van der Waals surface area contributed by atoms with Gasteiger partial charge in [0.05, 0.1) is 7.11 Å². The molecule has 3 rings (SSSR count). The summed E-state index contributed by atoms with van der Waals surface area (Å²) in [6.45, 7) is 4.95. The number of pyridine rings is 1. The molecule has 2 aromatic heterocycles. The topological polar surface area (TPSA) is 63.2 Å². The van der Waals surface area contributed by atoms with Crippen molar-refractivity contribution in [2.75, 3.05) is 30.4 Å². The lowest BCUT2D eigenvalue weighted by Crippen LogP contribution is -2.19. The summed E-state index contributed by atoms with van der Waals surface area (Å²) in [7, 11) is 1.58. The van der Waals surface area contributed by atoms with Crippen molar-refractivity contribution in [3.63, 3.8) is 0 Å². The molecular formula is C16H21N5O. The molecule has 0 radical (unpaired) electrons. The number of anilines is 2. The Morgan fingerprint density at radius 2 is 2.00 bits per heavy atom. The molecule has 6 nitrogen and oxygen atoms in total. The van der Waals surface area contributed by atoms with Crippen LogP contribution in [0.15, 0.2) is 24.3 Å². The van der Waals surface area contributed by atoms with Gasteiger partial charge >= 0.3 is 0 Å². The molecule has 0 saturated carbocycles. The van der Waals surface area contributed by atoms with E-state index < -0.39 is 0 Å². The number of methoxy groups -OCH3 is 1. The second-order valence-corrected chi connectivity index (χ2v) is 5.48. The monoisotopic (exact) mass is 299 g/mol. The molecule has 1 saturated heterocycles. The van der Waals surface area contributed by atoms with Crippen molar-refractivity contribution in [1.29, 1.82) is 0 Å². The lowest BCUT2D eigenvalue weighted by Gasteiger charge is -2.18. The van der Waals surface area contributed by atoms with E-state index in [-0.39, 0.29) is 0 Å². The molecule has 0 aliphatic carbocycles. The standard InChI is InChI=1S/C16H21N5O/c1-12-9-13(10-15(18-12)21-7-3-4-8-21)11-17-14-5-6-16(22-2)20-19-14/h5-6,9-10H,3-4,7-8,11H2,1-2H3,(H,17,19). The summed E-state index contributed by atoms with van der Waals surface area (Å²) in [6, 6.07) is 7.91. The number of nitrogens with zero attached hydrogens (tertiary/aromatic N) is 4. The Bertz CT molecular complexity index is 623. The number of nitrogens with one attached hydrogen (secondary N) is 1. The molecule has 22 heavy (non-hydrogen) atoms. The van der Waals surface area contributed by atoms with Gasteiger partial charge < -0.3 is 15.0 Å². The van der Waals surface area contributed by atoms with Crippen molar-refractivity contribution >= 4 is 11.6 Å². The number of hydrogen-bond acceptors (Lipinski definition) is 6. The van der Waals surface area contributed by atoms with Crippen molar-refractivity contribution < 1.29 is 4.74 Å². The number of aromatic nitrogens is 3. The predicted molar refractivity (Wildman–Crippen MR) is 86.3 cm³/mol. The van der Waals surface area contributed by atoms with E-state index in [9.17, 15) is 0 Å². The molecule has 0 spiro atoms. The van der Waals surface area contributed by atoms with Gasteiger partial charge in [0.2, 0.25) is 5.88 Å². The van der Waals surface area contributed by atoms with Gasteiger partial charge in [0.25, 0.3) is 0 Å². The summed E-state index contributed by atoms with van der Waals surface area (Å²) in [4.78, 5) is 7.00. The van der Waals surface area contributed by atoms with E-state index in [1.165, 1.54) is 18.4 Å². The zero-order chi connectivity index (χ0) is 15.4. The van der Waals surface area contributed by atoms with Crippen molar-refractivity contribution in [2.45, 2.75) is 26.3 Å². The van der Waals surface area contributed by atoms with Gasteiger partial charge in [-0.2, -0.15) is 0 Å². The molecular weight excluding hydrogens is 278 g/mol. The van der Waals surface area contributed by atoms with Crippen LogP contribution in [0.25, 0.3) is 0 Å². The molecule has 0 bridgehead atoms. The van der Waals surface area contributed by atoms with Gasteiger partial charge in [0.1, 0.15) is 11.6 Å². The molecule has 116 valence electrons. The summed E-state index contributed by atoms with van der Waals surface area (Å²) in [5.74, 6) is 2.33. The molecule has 3 heterocycles. The van der Waals surface area contributed by atoms with Crippen LogP contribution in [0.5, 0.6) is 5.88 Å². The van der Waals surface area contributed by atoms with Gasteiger partial charge in [-0.05, 0) is 43.5 Å². The Kier molecular flexibility index (Phi) is 4.37. The molecule has 6 heteroatoms. The minimum atomic E-state index is 0.515. The molecule has 0 amide bonds. The third-order valence-corrected chi connectivity index (χ3v) is 3.75. The molecule has 0 unspecified atom stereocenters. The van der Waals surface area contributed by atoms with Crippen molar-refractivity contribution in [3.8, 4) is 5.88 Å². The van der Waals surface area contributed by atoms with Crippen LogP contribution < -0.4 is 15.0 Å². The third-order valence-electron chi connectivity index (χ3n) is 3.75. The first kappa shape index (κ1) is 14.6. The SMILES string of the molecule is COc1ccc(NCc2cc(C)nc(N3CCCC3)c2)nn1. The minimum absolute atomic E-state index is 0.515. The van der Waals surface area contributed by atoms with Crippen LogP contribution in [0.4, 0.5) is 11.6 Å². The van der Waals surface area contributed by atoms with Gasteiger partial charge in [-0.1, -0.05) is 0 Å². The molecule has 2 aromatic rings. The summed E-state index contributed by atoms with van der Waals surface area (Å²) in [6.07, 6.45) is 2.51. The quantitative estimate of drug-likeness (QED) is 0.914. The van der Waals surface area contributed by atoms with Gasteiger partial charge in [0.15, 0.2) is 0 Å². The highest BCUT2D eigenvalue weighted by molar-refractivity contribution is 5.45. The fraction of sp³-hybridized carbons (Fsp3) is 0.438. The Balaban J connectivity index is 1.68. The summed E-state index contributed by atoms with van der Waals surface area (Å²) >= 11 is 0. The van der Waals surface area contributed by atoms with E-state index in [4.69, 9.17) is 4.74 Å². The van der Waals surface area contributed by atoms with E-state index in [0.717, 1.165) is 30.4 Å². The average Bonchev–Trinajstić information content (AvgIpc) is 3.07. The first-order valence-electron chi connectivity index (χ1n) is 7.59. The number of hydrogen-bond donors (Lipinski definition) is 1. The van der Waals surface area contributed by atoms with Gasteiger partial charge in [-0.25, -0.2) is 4.98 Å². The van der Waals surface area contributed by atoms with E-state index in [0.29, 0.717) is 12.4 Å². The van der Waals surface area contributed by atoms with Gasteiger partial charge in [-0.3, -0.25) is 0 Å². The van der Waals surface area contributed by atoms with Crippen LogP contribution in [-0.2, 0) is 6.54 Å². The van der Waals surface area contributed by atoms with Crippen LogP contribution in [0.3, 0.4) is 0 Å². The molecule has 0 aromatic carbocycles. The summed E-state index contributed by atoms with van der Waals surface area (Å²) in [5.41, 5.74) is 2.24. The molecule has 1 aliphatic heterocycles.